The van der Waals surface area contributed by atoms with Crippen molar-refractivity contribution < 1.29 is 9.47 Å². The zero-order valence-corrected chi connectivity index (χ0v) is 12.4. The van der Waals surface area contributed by atoms with Gasteiger partial charge in [-0.1, -0.05) is 19.8 Å². The van der Waals surface area contributed by atoms with Crippen molar-refractivity contribution in [3.8, 4) is 0 Å². The van der Waals surface area contributed by atoms with Crippen molar-refractivity contribution in [1.82, 2.24) is 5.32 Å². The van der Waals surface area contributed by atoms with Crippen LogP contribution < -0.4 is 5.32 Å². The van der Waals surface area contributed by atoms with Gasteiger partial charge in [-0.05, 0) is 39.5 Å². The third-order valence-corrected chi connectivity index (χ3v) is 4.01. The molecule has 1 heterocycles. The summed E-state index contributed by atoms with van der Waals surface area (Å²) in [7, 11) is 0. The highest BCUT2D eigenvalue weighted by Crippen LogP contribution is 2.36. The van der Waals surface area contributed by atoms with Gasteiger partial charge in [0.1, 0.15) is 6.10 Å². The topological polar surface area (TPSA) is 30.5 Å². The van der Waals surface area contributed by atoms with E-state index in [0.29, 0.717) is 6.10 Å². The quantitative estimate of drug-likeness (QED) is 0.838. The molecule has 0 spiro atoms. The van der Waals surface area contributed by atoms with Crippen molar-refractivity contribution in [2.24, 2.45) is 5.92 Å². The Hall–Kier alpha value is -0.120. The predicted molar refractivity (Wildman–Crippen MR) is 73.8 cm³/mol. The Morgan fingerprint density at radius 3 is 2.56 bits per heavy atom. The molecule has 0 bridgehead atoms. The Balaban J connectivity index is 1.96. The van der Waals surface area contributed by atoms with E-state index in [1.807, 2.05) is 0 Å². The fraction of sp³-hybridized carbons (Fsp3) is 1.00. The van der Waals surface area contributed by atoms with Crippen molar-refractivity contribution >= 4 is 0 Å². The minimum atomic E-state index is 0.0411. The molecule has 2 rings (SSSR count). The molecule has 18 heavy (non-hydrogen) atoms. The van der Waals surface area contributed by atoms with Gasteiger partial charge in [0.15, 0.2) is 0 Å². The molecule has 1 saturated carbocycles. The van der Waals surface area contributed by atoms with Crippen LogP contribution in [-0.2, 0) is 9.47 Å². The maximum Gasteiger partial charge on any atom is 0.105 e. The molecule has 1 aliphatic heterocycles. The molecule has 0 amide bonds. The minimum Gasteiger partial charge on any atom is -0.376 e. The molecule has 3 nitrogen and oxygen atoms in total. The summed E-state index contributed by atoms with van der Waals surface area (Å²) in [6.07, 6.45) is 5.35. The number of rotatable bonds is 4. The van der Waals surface area contributed by atoms with Crippen molar-refractivity contribution in [3.63, 3.8) is 0 Å². The number of hydrogen-bond acceptors (Lipinski definition) is 3. The van der Waals surface area contributed by atoms with Crippen LogP contribution in [0.25, 0.3) is 0 Å². The van der Waals surface area contributed by atoms with Crippen LogP contribution in [0.15, 0.2) is 0 Å². The Kier molecular flexibility index (Phi) is 4.35. The fourth-order valence-corrected chi connectivity index (χ4v) is 2.98. The molecule has 1 N–H and O–H groups in total. The highest BCUT2D eigenvalue weighted by atomic mass is 16.6. The largest absolute Gasteiger partial charge is 0.376 e. The standard InChI is InChI=1S/C15H29NO2/c1-12-6-5-7-15(8-12,11-16-14(2,3)4)18-13-9-17-10-13/h12-13,16H,5-11H2,1-4H3. The van der Waals surface area contributed by atoms with E-state index in [2.05, 4.69) is 33.0 Å². The van der Waals surface area contributed by atoms with Crippen molar-refractivity contribution in [2.75, 3.05) is 19.8 Å². The molecule has 3 heteroatoms. The molecule has 2 fully saturated rings. The predicted octanol–water partition coefficient (Wildman–Crippen LogP) is 2.74. The van der Waals surface area contributed by atoms with Crippen LogP contribution in [0.4, 0.5) is 0 Å². The zero-order chi connectivity index (χ0) is 13.2. The van der Waals surface area contributed by atoms with E-state index in [1.165, 1.54) is 25.7 Å². The molecule has 106 valence electrons. The van der Waals surface area contributed by atoms with E-state index < -0.39 is 0 Å². The third kappa shape index (κ3) is 3.94. The number of ether oxygens (including phenoxy) is 2. The molecule has 0 aromatic rings. The van der Waals surface area contributed by atoms with E-state index in [-0.39, 0.29) is 11.1 Å². The van der Waals surface area contributed by atoms with Crippen LogP contribution in [0.2, 0.25) is 0 Å². The van der Waals surface area contributed by atoms with Gasteiger partial charge in [-0.3, -0.25) is 0 Å². The lowest BCUT2D eigenvalue weighted by molar-refractivity contribution is -0.204. The second-order valence-electron chi connectivity index (χ2n) is 7.27. The van der Waals surface area contributed by atoms with Gasteiger partial charge in [-0.15, -0.1) is 0 Å². The average molecular weight is 255 g/mol. The average Bonchev–Trinajstić information content (AvgIpc) is 2.21. The lowest BCUT2D eigenvalue weighted by Crippen LogP contribution is -2.55. The Bertz CT molecular complexity index is 270. The van der Waals surface area contributed by atoms with Crippen molar-refractivity contribution in [3.05, 3.63) is 0 Å². The Labute approximate surface area is 112 Å². The fourth-order valence-electron chi connectivity index (χ4n) is 2.98. The first-order chi connectivity index (χ1) is 8.39. The van der Waals surface area contributed by atoms with Crippen LogP contribution in [0.3, 0.4) is 0 Å². The summed E-state index contributed by atoms with van der Waals surface area (Å²) in [4.78, 5) is 0. The highest BCUT2D eigenvalue weighted by molar-refractivity contribution is 4.92. The second-order valence-corrected chi connectivity index (χ2v) is 7.27. The normalized spacial score (nSPS) is 34.3. The second kappa shape index (κ2) is 5.48. The van der Waals surface area contributed by atoms with E-state index in [0.717, 1.165) is 25.7 Å². The molecule has 2 atom stereocenters. The van der Waals surface area contributed by atoms with Gasteiger partial charge in [0, 0.05) is 12.1 Å². The van der Waals surface area contributed by atoms with Crippen LogP contribution in [-0.4, -0.2) is 37.0 Å². The summed E-state index contributed by atoms with van der Waals surface area (Å²) in [5.41, 5.74) is 0.201. The van der Waals surface area contributed by atoms with E-state index >= 15 is 0 Å². The summed E-state index contributed by atoms with van der Waals surface area (Å²) in [5.74, 6) is 0.779. The van der Waals surface area contributed by atoms with Crippen LogP contribution in [0, 0.1) is 5.92 Å². The molecular weight excluding hydrogens is 226 g/mol. The van der Waals surface area contributed by atoms with Crippen molar-refractivity contribution in [1.29, 1.82) is 0 Å². The summed E-state index contributed by atoms with van der Waals surface area (Å²) in [5, 5.41) is 3.64. The molecule has 1 aliphatic carbocycles. The van der Waals surface area contributed by atoms with Gasteiger partial charge in [0.05, 0.1) is 18.8 Å². The lowest BCUT2D eigenvalue weighted by Gasteiger charge is -2.45. The molecule has 0 aromatic heterocycles. The highest BCUT2D eigenvalue weighted by Gasteiger charge is 2.40. The lowest BCUT2D eigenvalue weighted by atomic mass is 9.78. The zero-order valence-electron chi connectivity index (χ0n) is 12.4. The SMILES string of the molecule is CC1CCCC(CNC(C)(C)C)(OC2COC2)C1. The maximum atomic E-state index is 6.39. The van der Waals surface area contributed by atoms with E-state index in [4.69, 9.17) is 9.47 Å². The first-order valence-electron chi connectivity index (χ1n) is 7.39. The molecule has 2 aliphatic rings. The first kappa shape index (κ1) is 14.3. The summed E-state index contributed by atoms with van der Waals surface area (Å²) in [6, 6.07) is 0. The van der Waals surface area contributed by atoms with Gasteiger partial charge >= 0.3 is 0 Å². The van der Waals surface area contributed by atoms with Crippen LogP contribution >= 0.6 is 0 Å². The Morgan fingerprint density at radius 2 is 2.06 bits per heavy atom. The smallest absolute Gasteiger partial charge is 0.105 e. The monoisotopic (exact) mass is 255 g/mol. The first-order valence-corrected chi connectivity index (χ1v) is 7.39. The molecule has 1 saturated heterocycles. The van der Waals surface area contributed by atoms with Gasteiger partial charge in [-0.25, -0.2) is 0 Å². The molecular formula is C15H29NO2. The molecule has 0 aromatic carbocycles. The van der Waals surface area contributed by atoms with Gasteiger partial charge < -0.3 is 14.8 Å². The van der Waals surface area contributed by atoms with Gasteiger partial charge in [0.2, 0.25) is 0 Å². The van der Waals surface area contributed by atoms with E-state index in [9.17, 15) is 0 Å². The number of hydrogen-bond donors (Lipinski definition) is 1. The molecule has 0 radical (unpaired) electrons. The Morgan fingerprint density at radius 1 is 1.33 bits per heavy atom. The summed E-state index contributed by atoms with van der Waals surface area (Å²) >= 11 is 0. The van der Waals surface area contributed by atoms with Gasteiger partial charge in [-0.2, -0.15) is 0 Å². The molecule has 2 unspecified atom stereocenters. The summed E-state index contributed by atoms with van der Waals surface area (Å²) in [6.45, 7) is 11.6. The van der Waals surface area contributed by atoms with E-state index in [1.54, 1.807) is 0 Å². The van der Waals surface area contributed by atoms with Crippen LogP contribution in [0.1, 0.15) is 53.4 Å². The van der Waals surface area contributed by atoms with Crippen LogP contribution in [0.5, 0.6) is 0 Å². The third-order valence-electron chi connectivity index (χ3n) is 4.01. The summed E-state index contributed by atoms with van der Waals surface area (Å²) < 4.78 is 11.6. The maximum absolute atomic E-state index is 6.39. The van der Waals surface area contributed by atoms with Gasteiger partial charge in [0.25, 0.3) is 0 Å². The van der Waals surface area contributed by atoms with Crippen molar-refractivity contribution in [2.45, 2.75) is 70.6 Å². The number of nitrogens with one attached hydrogen (secondary N) is 1. The minimum absolute atomic E-state index is 0.0411.